The van der Waals surface area contributed by atoms with Gasteiger partial charge in [0.05, 0.1) is 23.4 Å². The molecular formula is C19H13F2N3O2. The predicted molar refractivity (Wildman–Crippen MR) is 90.0 cm³/mol. The number of halogens is 2. The van der Waals surface area contributed by atoms with Crippen molar-refractivity contribution < 1.29 is 18.0 Å². The highest BCUT2D eigenvalue weighted by atomic mass is 19.1. The van der Waals surface area contributed by atoms with Gasteiger partial charge in [0.2, 0.25) is 5.91 Å². The van der Waals surface area contributed by atoms with Crippen LogP contribution in [0, 0.1) is 23.0 Å². The highest BCUT2D eigenvalue weighted by Crippen LogP contribution is 2.26. The summed E-state index contributed by atoms with van der Waals surface area (Å²) >= 11 is 0. The number of anilines is 1. The Labute approximate surface area is 147 Å². The van der Waals surface area contributed by atoms with Gasteiger partial charge in [-0.3, -0.25) is 4.79 Å². The zero-order valence-corrected chi connectivity index (χ0v) is 13.5. The molecule has 2 aromatic carbocycles. The van der Waals surface area contributed by atoms with E-state index in [1.807, 2.05) is 6.07 Å². The van der Waals surface area contributed by atoms with Crippen molar-refractivity contribution in [1.29, 1.82) is 5.26 Å². The minimum atomic E-state index is -0.747. The molecule has 1 N–H and O–H groups in total. The summed E-state index contributed by atoms with van der Waals surface area (Å²) in [6.07, 6.45) is 1.46. The second kappa shape index (κ2) is 7.57. The number of nitrogens with one attached hydrogen (secondary N) is 1. The number of nitriles is 1. The second-order valence-corrected chi connectivity index (χ2v) is 5.46. The summed E-state index contributed by atoms with van der Waals surface area (Å²) in [6.45, 7) is 0. The van der Waals surface area contributed by atoms with Crippen LogP contribution >= 0.6 is 0 Å². The summed E-state index contributed by atoms with van der Waals surface area (Å²) < 4.78 is 32.9. The lowest BCUT2D eigenvalue weighted by molar-refractivity contribution is -0.116. The van der Waals surface area contributed by atoms with Gasteiger partial charge in [-0.05, 0) is 30.3 Å². The van der Waals surface area contributed by atoms with E-state index in [9.17, 15) is 13.6 Å². The molecule has 1 heterocycles. The predicted octanol–water partition coefficient (Wildman–Crippen LogP) is 4.06. The first-order valence-corrected chi connectivity index (χ1v) is 7.76. The number of carbonyl (C=O) groups excluding carboxylic acids is 1. The minimum Gasteiger partial charge on any atom is -0.441 e. The Morgan fingerprint density at radius 1 is 1.19 bits per heavy atom. The fourth-order valence-corrected chi connectivity index (χ4v) is 2.39. The number of oxazole rings is 1. The summed E-state index contributed by atoms with van der Waals surface area (Å²) in [5.74, 6) is -1.62. The number of aromatic nitrogens is 1. The lowest BCUT2D eigenvalue weighted by Gasteiger charge is -2.04. The van der Waals surface area contributed by atoms with Crippen molar-refractivity contribution in [3.63, 3.8) is 0 Å². The molecule has 0 saturated heterocycles. The number of benzene rings is 2. The first-order valence-electron chi connectivity index (χ1n) is 7.76. The number of carbonyl (C=O) groups is 1. The molecule has 1 aromatic heterocycles. The molecule has 3 aromatic rings. The number of nitrogens with zero attached hydrogens (tertiary/aromatic N) is 2. The van der Waals surface area contributed by atoms with Crippen molar-refractivity contribution in [2.75, 3.05) is 5.32 Å². The average Bonchev–Trinajstić information content (AvgIpc) is 3.08. The molecular weight excluding hydrogens is 340 g/mol. The first kappa shape index (κ1) is 17.3. The summed E-state index contributed by atoms with van der Waals surface area (Å²) in [6, 6.07) is 12.0. The van der Waals surface area contributed by atoms with Gasteiger partial charge < -0.3 is 9.73 Å². The van der Waals surface area contributed by atoms with Crippen LogP contribution in [0.4, 0.5) is 14.5 Å². The summed E-state index contributed by atoms with van der Waals surface area (Å²) in [4.78, 5) is 15.9. The highest BCUT2D eigenvalue weighted by molar-refractivity contribution is 5.90. The van der Waals surface area contributed by atoms with Gasteiger partial charge in [-0.2, -0.15) is 5.26 Å². The molecule has 0 saturated carbocycles. The van der Waals surface area contributed by atoms with E-state index in [-0.39, 0.29) is 36.0 Å². The Morgan fingerprint density at radius 2 is 1.92 bits per heavy atom. The summed E-state index contributed by atoms with van der Waals surface area (Å²) in [7, 11) is 0. The lowest BCUT2D eigenvalue weighted by atomic mass is 10.1. The van der Waals surface area contributed by atoms with Gasteiger partial charge in [0.1, 0.15) is 11.6 Å². The van der Waals surface area contributed by atoms with Gasteiger partial charge in [-0.1, -0.05) is 12.1 Å². The van der Waals surface area contributed by atoms with E-state index in [1.165, 1.54) is 12.3 Å². The second-order valence-electron chi connectivity index (χ2n) is 5.46. The van der Waals surface area contributed by atoms with Crippen molar-refractivity contribution >= 4 is 11.6 Å². The van der Waals surface area contributed by atoms with E-state index in [0.29, 0.717) is 11.3 Å². The third-order valence-corrected chi connectivity index (χ3v) is 3.60. The smallest absolute Gasteiger partial charge is 0.224 e. The van der Waals surface area contributed by atoms with Crippen LogP contribution in [0.15, 0.2) is 53.1 Å². The van der Waals surface area contributed by atoms with Gasteiger partial charge in [-0.25, -0.2) is 13.8 Å². The highest BCUT2D eigenvalue weighted by Gasteiger charge is 2.16. The molecule has 130 valence electrons. The maximum absolute atomic E-state index is 13.7. The SMILES string of the molecule is N#Cc1cccc(NC(=O)CCc2ncc(-c3c(F)cccc3F)o2)c1. The first-order chi connectivity index (χ1) is 12.6. The third-order valence-electron chi connectivity index (χ3n) is 3.60. The van der Waals surface area contributed by atoms with Crippen LogP contribution in [0.2, 0.25) is 0 Å². The standard InChI is InChI=1S/C19H13F2N3O2/c20-14-5-2-6-15(21)19(14)16-11-23-18(26-16)8-7-17(25)24-13-4-1-3-12(9-13)10-22/h1-6,9,11H,7-8H2,(H,24,25). The number of rotatable bonds is 5. The molecule has 0 bridgehead atoms. The maximum atomic E-state index is 13.7. The molecule has 0 fully saturated rings. The quantitative estimate of drug-likeness (QED) is 0.750. The minimum absolute atomic E-state index is 0.0299. The van der Waals surface area contributed by atoms with Crippen LogP contribution < -0.4 is 5.32 Å². The van der Waals surface area contributed by atoms with Crippen LogP contribution in [-0.4, -0.2) is 10.9 Å². The zero-order valence-electron chi connectivity index (χ0n) is 13.5. The average molecular weight is 353 g/mol. The molecule has 1 amide bonds. The molecule has 0 spiro atoms. The Balaban J connectivity index is 1.63. The van der Waals surface area contributed by atoms with Gasteiger partial charge in [0.15, 0.2) is 11.7 Å². The maximum Gasteiger partial charge on any atom is 0.224 e. The largest absolute Gasteiger partial charge is 0.441 e. The van der Waals surface area contributed by atoms with Gasteiger partial charge >= 0.3 is 0 Å². The van der Waals surface area contributed by atoms with Crippen LogP contribution in [0.1, 0.15) is 17.9 Å². The van der Waals surface area contributed by atoms with Gasteiger partial charge in [0, 0.05) is 18.5 Å². The van der Waals surface area contributed by atoms with E-state index >= 15 is 0 Å². The fraction of sp³-hybridized carbons (Fsp3) is 0.105. The molecule has 5 nitrogen and oxygen atoms in total. The van der Waals surface area contributed by atoms with Crippen molar-refractivity contribution in [3.8, 4) is 17.4 Å². The van der Waals surface area contributed by atoms with Crippen molar-refractivity contribution in [2.24, 2.45) is 0 Å². The van der Waals surface area contributed by atoms with Crippen LogP contribution in [0.25, 0.3) is 11.3 Å². The molecule has 3 rings (SSSR count). The van der Waals surface area contributed by atoms with E-state index < -0.39 is 11.6 Å². The Bertz CT molecular complexity index is 972. The van der Waals surface area contributed by atoms with Crippen LogP contribution in [0.3, 0.4) is 0 Å². The number of hydrogen-bond acceptors (Lipinski definition) is 4. The Hall–Kier alpha value is -3.53. The lowest BCUT2D eigenvalue weighted by Crippen LogP contribution is -2.12. The van der Waals surface area contributed by atoms with Crippen LogP contribution in [0.5, 0.6) is 0 Å². The molecule has 0 atom stereocenters. The van der Waals surface area contributed by atoms with E-state index in [1.54, 1.807) is 24.3 Å². The molecule has 0 aliphatic carbocycles. The van der Waals surface area contributed by atoms with Gasteiger partial charge in [0.25, 0.3) is 0 Å². The van der Waals surface area contributed by atoms with Crippen LogP contribution in [-0.2, 0) is 11.2 Å². The number of hydrogen-bond donors (Lipinski definition) is 1. The van der Waals surface area contributed by atoms with Crippen molar-refractivity contribution in [2.45, 2.75) is 12.8 Å². The molecule has 0 aliphatic rings. The molecule has 0 unspecified atom stereocenters. The molecule has 0 radical (unpaired) electrons. The number of aryl methyl sites for hydroxylation is 1. The fourth-order valence-electron chi connectivity index (χ4n) is 2.39. The van der Waals surface area contributed by atoms with Crippen molar-refractivity contribution in [3.05, 3.63) is 71.8 Å². The Morgan fingerprint density at radius 3 is 2.65 bits per heavy atom. The Kier molecular flexibility index (Phi) is 5.04. The van der Waals surface area contributed by atoms with E-state index in [4.69, 9.17) is 9.68 Å². The molecule has 7 heteroatoms. The summed E-state index contributed by atoms with van der Waals surface area (Å²) in [5.41, 5.74) is 0.659. The normalized spacial score (nSPS) is 10.3. The topological polar surface area (TPSA) is 78.9 Å². The third kappa shape index (κ3) is 3.92. The number of amides is 1. The summed E-state index contributed by atoms with van der Waals surface area (Å²) in [5, 5.41) is 11.5. The zero-order chi connectivity index (χ0) is 18.5. The molecule has 0 aliphatic heterocycles. The van der Waals surface area contributed by atoms with E-state index in [0.717, 1.165) is 12.1 Å². The van der Waals surface area contributed by atoms with Gasteiger partial charge in [-0.15, -0.1) is 0 Å². The molecule has 26 heavy (non-hydrogen) atoms. The monoisotopic (exact) mass is 353 g/mol. The van der Waals surface area contributed by atoms with E-state index in [2.05, 4.69) is 10.3 Å². The van der Waals surface area contributed by atoms with Crippen molar-refractivity contribution in [1.82, 2.24) is 4.98 Å².